The zero-order chi connectivity index (χ0) is 12.7. The van der Waals surface area contributed by atoms with E-state index in [-0.39, 0.29) is 18.9 Å². The van der Waals surface area contributed by atoms with Crippen molar-refractivity contribution in [1.29, 1.82) is 0 Å². The topological polar surface area (TPSA) is 69.4 Å². The minimum Gasteiger partial charge on any atom is -0.462 e. The molecule has 0 aliphatic heterocycles. The average molecular weight is 258 g/mol. The van der Waals surface area contributed by atoms with Gasteiger partial charge in [0.1, 0.15) is 0 Å². The fourth-order valence-electron chi connectivity index (χ4n) is 1.18. The van der Waals surface area contributed by atoms with Crippen LogP contribution in [0, 0.1) is 10.1 Å². The molecule has 0 amide bonds. The lowest BCUT2D eigenvalue weighted by Gasteiger charge is -2.07. The van der Waals surface area contributed by atoms with Crippen LogP contribution in [0.3, 0.4) is 0 Å². The van der Waals surface area contributed by atoms with Crippen molar-refractivity contribution < 1.29 is 14.5 Å². The molecule has 5 nitrogen and oxygen atoms in total. The first-order chi connectivity index (χ1) is 8.15. The van der Waals surface area contributed by atoms with Crippen LogP contribution < -0.4 is 0 Å². The quantitative estimate of drug-likeness (QED) is 0.339. The number of hydrogen-bond donors (Lipinski definition) is 0. The summed E-state index contributed by atoms with van der Waals surface area (Å²) in [6, 6.07) is 7.58. The molecule has 1 aromatic rings. The maximum atomic E-state index is 11.5. The number of rotatable bonds is 6. The van der Waals surface area contributed by atoms with Gasteiger partial charge in [-0.25, -0.2) is 4.79 Å². The van der Waals surface area contributed by atoms with E-state index in [4.69, 9.17) is 16.3 Å². The predicted molar refractivity (Wildman–Crippen MR) is 62.8 cm³/mol. The molecule has 0 spiro atoms. The molecule has 0 aliphatic carbocycles. The third-order valence-corrected chi connectivity index (χ3v) is 2.53. The van der Waals surface area contributed by atoms with Crippen LogP contribution in [0.2, 0.25) is 0 Å². The lowest BCUT2D eigenvalue weighted by molar-refractivity contribution is -0.518. The second kappa shape index (κ2) is 6.85. The van der Waals surface area contributed by atoms with Crippen LogP contribution in [0.15, 0.2) is 30.3 Å². The third kappa shape index (κ3) is 4.40. The van der Waals surface area contributed by atoms with Crippen molar-refractivity contribution in [3.05, 3.63) is 46.0 Å². The molecule has 1 atom stereocenters. The number of nitro groups is 1. The van der Waals surface area contributed by atoms with E-state index in [2.05, 4.69) is 0 Å². The fraction of sp³-hybridized carbons (Fsp3) is 0.364. The van der Waals surface area contributed by atoms with Gasteiger partial charge in [-0.2, -0.15) is 0 Å². The molecule has 0 saturated carbocycles. The number of halogens is 1. The number of hydrogen-bond acceptors (Lipinski definition) is 4. The summed E-state index contributed by atoms with van der Waals surface area (Å²) in [5.74, 6) is -0.571. The van der Waals surface area contributed by atoms with Crippen LogP contribution in [-0.2, 0) is 4.74 Å². The van der Waals surface area contributed by atoms with Crippen molar-refractivity contribution in [3.63, 3.8) is 0 Å². The third-order valence-electron chi connectivity index (χ3n) is 2.17. The normalized spacial score (nSPS) is 11.8. The molecule has 0 radical (unpaired) electrons. The highest BCUT2D eigenvalue weighted by molar-refractivity contribution is 6.18. The molecule has 1 aromatic carbocycles. The van der Waals surface area contributed by atoms with Crippen molar-refractivity contribution in [1.82, 2.24) is 0 Å². The van der Waals surface area contributed by atoms with Gasteiger partial charge < -0.3 is 4.74 Å². The Kier molecular flexibility index (Phi) is 5.42. The van der Waals surface area contributed by atoms with Crippen LogP contribution >= 0.6 is 11.6 Å². The smallest absolute Gasteiger partial charge is 0.338 e. The van der Waals surface area contributed by atoms with Crippen molar-refractivity contribution in [2.24, 2.45) is 0 Å². The van der Waals surface area contributed by atoms with Gasteiger partial charge in [0.25, 0.3) is 0 Å². The van der Waals surface area contributed by atoms with E-state index in [0.29, 0.717) is 5.56 Å². The van der Waals surface area contributed by atoms with Gasteiger partial charge in [0.15, 0.2) is 0 Å². The van der Waals surface area contributed by atoms with Gasteiger partial charge in [-0.1, -0.05) is 18.2 Å². The zero-order valence-electron chi connectivity index (χ0n) is 9.04. The highest BCUT2D eigenvalue weighted by Crippen LogP contribution is 2.04. The number of nitrogens with zero attached hydrogens (tertiary/aromatic N) is 1. The van der Waals surface area contributed by atoms with E-state index in [0.717, 1.165) is 0 Å². The number of alkyl halides is 1. The van der Waals surface area contributed by atoms with E-state index in [1.807, 2.05) is 0 Å². The maximum Gasteiger partial charge on any atom is 0.338 e. The van der Waals surface area contributed by atoms with E-state index in [1.54, 1.807) is 30.3 Å². The average Bonchev–Trinajstić information content (AvgIpc) is 2.35. The number of ether oxygens (including phenoxy) is 1. The molecule has 92 valence electrons. The van der Waals surface area contributed by atoms with E-state index < -0.39 is 16.9 Å². The summed E-state index contributed by atoms with van der Waals surface area (Å²) in [5, 5.41) is 10.5. The van der Waals surface area contributed by atoms with Gasteiger partial charge >= 0.3 is 5.97 Å². The van der Waals surface area contributed by atoms with Crippen molar-refractivity contribution in [2.45, 2.75) is 12.5 Å². The summed E-state index contributed by atoms with van der Waals surface area (Å²) in [4.78, 5) is 21.4. The van der Waals surface area contributed by atoms with Crippen molar-refractivity contribution in [3.8, 4) is 0 Å². The SMILES string of the molecule is O=C(OCCC(CCl)[N+](=O)[O-])c1ccccc1. The summed E-state index contributed by atoms with van der Waals surface area (Å²) in [6.45, 7) is -0.00784. The van der Waals surface area contributed by atoms with Crippen LogP contribution in [0.25, 0.3) is 0 Å². The van der Waals surface area contributed by atoms with Crippen molar-refractivity contribution in [2.75, 3.05) is 12.5 Å². The van der Waals surface area contributed by atoms with Gasteiger partial charge in [-0.15, -0.1) is 11.6 Å². The van der Waals surface area contributed by atoms with Gasteiger partial charge in [-0.3, -0.25) is 10.1 Å². The van der Waals surface area contributed by atoms with E-state index in [1.165, 1.54) is 0 Å². The monoisotopic (exact) mass is 257 g/mol. The molecule has 0 heterocycles. The van der Waals surface area contributed by atoms with Gasteiger partial charge in [0.2, 0.25) is 6.04 Å². The number of carbonyl (C=O) groups excluding carboxylic acids is 1. The second-order valence-electron chi connectivity index (χ2n) is 3.38. The molecule has 0 fully saturated rings. The molecule has 0 saturated heterocycles. The van der Waals surface area contributed by atoms with Crippen LogP contribution in [0.1, 0.15) is 16.8 Å². The first kappa shape index (κ1) is 13.4. The predicted octanol–water partition coefficient (Wildman–Crippen LogP) is 2.12. The Balaban J connectivity index is 2.37. The molecule has 0 aromatic heterocycles. The standard InChI is InChI=1S/C11H12ClNO4/c12-8-10(13(15)16)6-7-17-11(14)9-4-2-1-3-5-9/h1-5,10H,6-8H2. The molecule has 0 aliphatic rings. The van der Waals surface area contributed by atoms with Gasteiger partial charge in [0.05, 0.1) is 24.5 Å². The molecule has 6 heteroatoms. The van der Waals surface area contributed by atoms with Gasteiger partial charge in [-0.05, 0) is 12.1 Å². The minimum absolute atomic E-state index is 0.00784. The number of benzene rings is 1. The summed E-state index contributed by atoms with van der Waals surface area (Å²) >= 11 is 5.41. The first-order valence-electron chi connectivity index (χ1n) is 5.06. The zero-order valence-corrected chi connectivity index (χ0v) is 9.80. The Morgan fingerprint density at radius 3 is 2.59 bits per heavy atom. The highest BCUT2D eigenvalue weighted by Gasteiger charge is 2.19. The fourth-order valence-corrected chi connectivity index (χ4v) is 1.45. The summed E-state index contributed by atoms with van der Waals surface area (Å²) in [7, 11) is 0. The Hall–Kier alpha value is -1.62. The molecule has 0 N–H and O–H groups in total. The lowest BCUT2D eigenvalue weighted by Crippen LogP contribution is -2.23. The summed E-state index contributed by atoms with van der Waals surface area (Å²) < 4.78 is 4.91. The van der Waals surface area contributed by atoms with Gasteiger partial charge in [0, 0.05) is 4.92 Å². The molecule has 17 heavy (non-hydrogen) atoms. The number of carbonyl (C=O) groups is 1. The van der Waals surface area contributed by atoms with E-state index in [9.17, 15) is 14.9 Å². The summed E-state index contributed by atoms with van der Waals surface area (Å²) in [6.07, 6.45) is 0.120. The Bertz CT molecular complexity index is 382. The molecular weight excluding hydrogens is 246 g/mol. The summed E-state index contributed by atoms with van der Waals surface area (Å²) in [5.41, 5.74) is 0.427. The molecule has 1 rings (SSSR count). The second-order valence-corrected chi connectivity index (χ2v) is 3.69. The molecule has 1 unspecified atom stereocenters. The van der Waals surface area contributed by atoms with E-state index >= 15 is 0 Å². The van der Waals surface area contributed by atoms with Crippen LogP contribution in [0.5, 0.6) is 0 Å². The molecular formula is C11H12ClNO4. The minimum atomic E-state index is -0.875. The highest BCUT2D eigenvalue weighted by atomic mass is 35.5. The van der Waals surface area contributed by atoms with Crippen LogP contribution in [0.4, 0.5) is 0 Å². The number of esters is 1. The Labute approximate surface area is 103 Å². The maximum absolute atomic E-state index is 11.5. The lowest BCUT2D eigenvalue weighted by atomic mass is 10.2. The Morgan fingerprint density at radius 2 is 2.06 bits per heavy atom. The van der Waals surface area contributed by atoms with Crippen molar-refractivity contribution >= 4 is 17.6 Å². The van der Waals surface area contributed by atoms with Crippen LogP contribution in [-0.4, -0.2) is 29.4 Å². The largest absolute Gasteiger partial charge is 0.462 e. The molecule has 0 bridgehead atoms. The first-order valence-corrected chi connectivity index (χ1v) is 5.60. The Morgan fingerprint density at radius 1 is 1.41 bits per heavy atom.